The molecule has 7 heteroatoms. The number of pyridine rings is 1. The summed E-state index contributed by atoms with van der Waals surface area (Å²) in [5.41, 5.74) is 0.630. The molecule has 1 aliphatic rings. The van der Waals surface area contributed by atoms with Crippen LogP contribution in [0.1, 0.15) is 48.6 Å². The van der Waals surface area contributed by atoms with Gasteiger partial charge in [-0.2, -0.15) is 0 Å². The Hall–Kier alpha value is -3.06. The van der Waals surface area contributed by atoms with E-state index >= 15 is 0 Å². The second-order valence-corrected chi connectivity index (χ2v) is 9.04. The molecule has 3 aromatic rings. The summed E-state index contributed by atoms with van der Waals surface area (Å²) in [6.45, 7) is 0. The lowest BCUT2D eigenvalue weighted by molar-refractivity contribution is -0.127. The molecule has 4 rings (SSSR count). The molecule has 0 radical (unpaired) electrons. The summed E-state index contributed by atoms with van der Waals surface area (Å²) in [6.07, 6.45) is 8.38. The van der Waals surface area contributed by atoms with Gasteiger partial charge in [0, 0.05) is 28.9 Å². The van der Waals surface area contributed by atoms with Crippen LogP contribution < -0.4 is 10.2 Å². The van der Waals surface area contributed by atoms with Crippen LogP contribution in [0.25, 0.3) is 0 Å². The number of para-hydroxylation sites is 1. The van der Waals surface area contributed by atoms with E-state index in [4.69, 9.17) is 0 Å². The van der Waals surface area contributed by atoms with Gasteiger partial charge in [-0.05, 0) is 42.5 Å². The normalized spacial score (nSPS) is 15.2. The van der Waals surface area contributed by atoms with E-state index in [0.29, 0.717) is 5.56 Å². The Morgan fingerprint density at radius 3 is 2.59 bits per heavy atom. The molecule has 1 fully saturated rings. The molecule has 1 N–H and O–H groups in total. The van der Waals surface area contributed by atoms with Crippen LogP contribution in [-0.4, -0.2) is 22.8 Å². The molecule has 1 aromatic carbocycles. The Balaban J connectivity index is 1.74. The number of halogens is 1. The highest BCUT2D eigenvalue weighted by Gasteiger charge is 2.35. The maximum atomic E-state index is 14.9. The van der Waals surface area contributed by atoms with Gasteiger partial charge in [0.05, 0.1) is 12.1 Å². The highest BCUT2D eigenvalue weighted by Crippen LogP contribution is 2.31. The zero-order chi connectivity index (χ0) is 22.3. The van der Waals surface area contributed by atoms with E-state index in [1.54, 1.807) is 42.7 Å². The van der Waals surface area contributed by atoms with Gasteiger partial charge in [0.2, 0.25) is 11.8 Å². The maximum absolute atomic E-state index is 14.9. The minimum Gasteiger partial charge on any atom is -0.351 e. The third-order valence-corrected chi connectivity index (χ3v) is 6.62. The molecule has 166 valence electrons. The number of aromatic nitrogens is 1. The predicted octanol–water partition coefficient (Wildman–Crippen LogP) is 5.05. The van der Waals surface area contributed by atoms with Gasteiger partial charge < -0.3 is 5.32 Å². The van der Waals surface area contributed by atoms with Crippen LogP contribution in [-0.2, 0) is 16.0 Å². The molecule has 0 saturated heterocycles. The molecule has 0 bridgehead atoms. The minimum atomic E-state index is -1.02. The summed E-state index contributed by atoms with van der Waals surface area (Å²) in [5, 5.41) is 5.01. The van der Waals surface area contributed by atoms with E-state index in [0.717, 1.165) is 30.6 Å². The van der Waals surface area contributed by atoms with E-state index in [2.05, 4.69) is 10.3 Å². The lowest BCUT2D eigenvalue weighted by Crippen LogP contribution is -2.48. The number of anilines is 1. The third kappa shape index (κ3) is 5.22. The number of hydrogen-bond donors (Lipinski definition) is 1. The molecule has 5 nitrogen and oxygen atoms in total. The Kier molecular flexibility index (Phi) is 7.27. The van der Waals surface area contributed by atoms with Gasteiger partial charge in [-0.15, -0.1) is 11.3 Å². The number of thiophene rings is 1. The first-order chi connectivity index (χ1) is 15.6. The van der Waals surface area contributed by atoms with Gasteiger partial charge in [-0.25, -0.2) is 4.39 Å². The van der Waals surface area contributed by atoms with Gasteiger partial charge in [-0.1, -0.05) is 43.5 Å². The molecule has 1 atom stereocenters. The SMILES string of the molecule is O=C(NC1CCCCC1)[C@@H](c1cccnc1)N(C(=O)Cc1cccs1)c1ccccc1F. The van der Waals surface area contributed by atoms with Gasteiger partial charge >= 0.3 is 0 Å². The zero-order valence-corrected chi connectivity index (χ0v) is 18.6. The fourth-order valence-corrected chi connectivity index (χ4v) is 4.89. The zero-order valence-electron chi connectivity index (χ0n) is 17.7. The van der Waals surface area contributed by atoms with E-state index in [1.807, 2.05) is 17.5 Å². The molecule has 2 heterocycles. The molecule has 1 aliphatic carbocycles. The second kappa shape index (κ2) is 10.5. The summed E-state index contributed by atoms with van der Waals surface area (Å²) in [7, 11) is 0. The summed E-state index contributed by atoms with van der Waals surface area (Å²) in [6, 6.07) is 12.3. The highest BCUT2D eigenvalue weighted by molar-refractivity contribution is 7.10. The van der Waals surface area contributed by atoms with Crippen LogP contribution >= 0.6 is 11.3 Å². The van der Waals surface area contributed by atoms with Crippen LogP contribution in [0.3, 0.4) is 0 Å². The molecule has 1 saturated carbocycles. The number of amides is 2. The number of nitrogens with one attached hydrogen (secondary N) is 1. The highest BCUT2D eigenvalue weighted by atomic mass is 32.1. The van der Waals surface area contributed by atoms with E-state index in [-0.39, 0.29) is 30.0 Å². The van der Waals surface area contributed by atoms with Gasteiger partial charge in [-0.3, -0.25) is 19.5 Å². The van der Waals surface area contributed by atoms with Crippen LogP contribution in [0.2, 0.25) is 0 Å². The summed E-state index contributed by atoms with van der Waals surface area (Å²) in [4.78, 5) is 33.4. The first-order valence-corrected chi connectivity index (χ1v) is 11.8. The fraction of sp³-hybridized carbons (Fsp3) is 0.320. The Morgan fingerprint density at radius 2 is 1.91 bits per heavy atom. The second-order valence-electron chi connectivity index (χ2n) is 8.00. The van der Waals surface area contributed by atoms with Crippen LogP contribution in [0, 0.1) is 5.82 Å². The molecule has 0 spiro atoms. The van der Waals surface area contributed by atoms with Gasteiger partial charge in [0.15, 0.2) is 0 Å². The van der Waals surface area contributed by atoms with Crippen molar-refractivity contribution < 1.29 is 14.0 Å². The Labute approximate surface area is 191 Å². The van der Waals surface area contributed by atoms with Crippen molar-refractivity contribution in [3.63, 3.8) is 0 Å². The largest absolute Gasteiger partial charge is 0.351 e. The molecule has 2 aromatic heterocycles. The summed E-state index contributed by atoms with van der Waals surface area (Å²) in [5.74, 6) is -1.20. The van der Waals surface area contributed by atoms with Crippen molar-refractivity contribution in [1.29, 1.82) is 0 Å². The van der Waals surface area contributed by atoms with Crippen molar-refractivity contribution in [3.8, 4) is 0 Å². The average Bonchev–Trinajstić information content (AvgIpc) is 3.32. The summed E-state index contributed by atoms with van der Waals surface area (Å²) < 4.78 is 14.9. The van der Waals surface area contributed by atoms with E-state index in [9.17, 15) is 14.0 Å². The standard InChI is InChI=1S/C25H26FN3O2S/c26-21-12-4-5-13-22(21)29(23(30)16-20-11-7-15-32-20)24(18-8-6-14-27-17-18)25(31)28-19-9-2-1-3-10-19/h4-8,11-15,17,19,24H,1-3,9-10,16H2,(H,28,31)/t24-/m1/s1. The molecular weight excluding hydrogens is 425 g/mol. The summed E-state index contributed by atoms with van der Waals surface area (Å²) >= 11 is 1.46. The van der Waals surface area contributed by atoms with Crippen molar-refractivity contribution in [3.05, 3.63) is 82.6 Å². The van der Waals surface area contributed by atoms with Crippen molar-refractivity contribution in [2.24, 2.45) is 0 Å². The van der Waals surface area contributed by atoms with Gasteiger partial charge in [0.1, 0.15) is 11.9 Å². The van der Waals surface area contributed by atoms with Crippen molar-refractivity contribution in [1.82, 2.24) is 10.3 Å². The number of nitrogens with zero attached hydrogens (tertiary/aromatic N) is 2. The molecule has 2 amide bonds. The fourth-order valence-electron chi connectivity index (χ4n) is 4.19. The lowest BCUT2D eigenvalue weighted by atomic mass is 9.94. The topological polar surface area (TPSA) is 62.3 Å². The third-order valence-electron chi connectivity index (χ3n) is 5.74. The van der Waals surface area contributed by atoms with Gasteiger partial charge in [0.25, 0.3) is 0 Å². The Morgan fingerprint density at radius 1 is 1.09 bits per heavy atom. The number of hydrogen-bond acceptors (Lipinski definition) is 4. The molecular formula is C25H26FN3O2S. The van der Waals surface area contributed by atoms with Crippen LogP contribution in [0.5, 0.6) is 0 Å². The smallest absolute Gasteiger partial charge is 0.248 e. The number of carbonyl (C=O) groups excluding carboxylic acids is 2. The number of rotatable bonds is 7. The van der Waals surface area contributed by atoms with E-state index in [1.165, 1.54) is 28.7 Å². The average molecular weight is 452 g/mol. The maximum Gasteiger partial charge on any atom is 0.248 e. The first-order valence-electron chi connectivity index (χ1n) is 10.9. The van der Waals surface area contributed by atoms with Crippen LogP contribution in [0.4, 0.5) is 10.1 Å². The van der Waals surface area contributed by atoms with Crippen molar-refractivity contribution in [2.75, 3.05) is 4.90 Å². The van der Waals surface area contributed by atoms with E-state index < -0.39 is 11.9 Å². The van der Waals surface area contributed by atoms with Crippen molar-refractivity contribution >= 4 is 28.8 Å². The molecule has 0 unspecified atom stereocenters. The first kappa shape index (κ1) is 22.1. The lowest BCUT2D eigenvalue weighted by Gasteiger charge is -2.33. The molecule has 0 aliphatic heterocycles. The minimum absolute atomic E-state index is 0.0605. The predicted molar refractivity (Wildman–Crippen MR) is 124 cm³/mol. The quantitative estimate of drug-likeness (QED) is 0.547. The number of carbonyl (C=O) groups is 2. The number of benzene rings is 1. The monoisotopic (exact) mass is 451 g/mol. The van der Waals surface area contributed by atoms with Crippen molar-refractivity contribution in [2.45, 2.75) is 50.6 Å². The Bertz CT molecular complexity index is 1040. The molecule has 32 heavy (non-hydrogen) atoms. The van der Waals surface area contributed by atoms with Crippen LogP contribution in [0.15, 0.2) is 66.3 Å².